The van der Waals surface area contributed by atoms with Crippen LogP contribution in [0.5, 0.6) is 0 Å². The van der Waals surface area contributed by atoms with E-state index in [1.165, 1.54) is 46.5 Å². The maximum atomic E-state index is 13.2. The van der Waals surface area contributed by atoms with Crippen LogP contribution in [0.1, 0.15) is 236 Å². The van der Waals surface area contributed by atoms with Gasteiger partial charge in [-0.15, -0.1) is 12.4 Å². The zero-order chi connectivity index (χ0) is 85.4. The number of hydrazine groups is 1. The van der Waals surface area contributed by atoms with Crippen LogP contribution in [0.2, 0.25) is 0 Å². The molecule has 26 heteroatoms. The third-order valence-electron chi connectivity index (χ3n) is 19.0. The van der Waals surface area contributed by atoms with Crippen molar-refractivity contribution in [2.75, 3.05) is 52.9 Å². The quantitative estimate of drug-likeness (QED) is 0.00692. The van der Waals surface area contributed by atoms with Gasteiger partial charge in [-0.1, -0.05) is 213 Å². The number of benzene rings is 8. The Balaban J connectivity index is 0.000000475. The van der Waals surface area contributed by atoms with Crippen LogP contribution in [0.15, 0.2) is 225 Å². The maximum Gasteiger partial charge on any atom is 0.338 e. The first-order valence-corrected chi connectivity index (χ1v) is 40.1. The number of ether oxygens (including phenoxy) is 6. The predicted octanol–water partition coefficient (Wildman–Crippen LogP) is 16.2. The third-order valence-corrected chi connectivity index (χ3v) is 19.0. The summed E-state index contributed by atoms with van der Waals surface area (Å²) in [4.78, 5) is 67.9. The van der Waals surface area contributed by atoms with Gasteiger partial charge in [-0.3, -0.25) is 21.3 Å². The number of esters is 2. The summed E-state index contributed by atoms with van der Waals surface area (Å²) >= 11 is 0. The van der Waals surface area contributed by atoms with Crippen molar-refractivity contribution in [3.8, 4) is 0 Å². The maximum absolute atomic E-state index is 13.2. The minimum absolute atomic E-state index is 0. The van der Waals surface area contributed by atoms with Crippen molar-refractivity contribution < 1.29 is 83.1 Å². The highest BCUT2D eigenvalue weighted by atomic mass is 35.5. The van der Waals surface area contributed by atoms with Gasteiger partial charge >= 0.3 is 23.9 Å². The largest absolute Gasteiger partial charge is 0.478 e. The standard InChI is InChI=1S/C47H54N4O6.C18H18N2O2.C11H22O4.C10H12O.C8H6O3.ClH.H4N2.H2O/c1-4-9-36-12-16-38(17-13-36)29-48-50-31-40-20-24-42(25-21-40)45(52)56-34-47(6-3,33-55-44-11-7-8-28-54-44)35-57-46(53)43-26-22-41(23-27-43)32-51-49-30-39-18-14-37(10-5-2)15-19-39;1-2-3-14-4-6-15(7-5-14)12-19-20-13-16-8-10-17(11-9-16)18(21)22;1-2-11(7-12,8-13)9-15-10-5-3-4-6-14-10;1-2-3-9-4-6-10(8-11)7-5-9;9-5-6-1-3-7(4-2-6)8(10)11;;1-2;/h12-27,29-32,44H,4-11,28,33-35H2,1-3H3;4-13H,2-3H2,1H3,(H,21,22);10,12-13H,2-9H2,1H3;4-8H,2-3H2,1H3;1-5H,(H,10,11);1H;1-2H2;1H2/b48-29+,49-30+,50-31+,51-32+;19-12+,20-13+;;;;;;. The number of hydrogen-bond donors (Lipinski definition) is 6. The molecule has 10 N–H and O–H groups in total. The molecule has 8 aromatic carbocycles. The van der Waals surface area contributed by atoms with Crippen LogP contribution in [-0.4, -0.2) is 165 Å². The van der Waals surface area contributed by atoms with Crippen molar-refractivity contribution in [2.45, 2.75) is 157 Å². The molecular weight excluding hydrogens is 1550 g/mol. The van der Waals surface area contributed by atoms with E-state index >= 15 is 0 Å². The average molecular weight is 1670 g/mol. The number of nitrogens with zero attached hydrogens (tertiary/aromatic N) is 6. The lowest BCUT2D eigenvalue weighted by Gasteiger charge is -2.33. The number of rotatable bonds is 37. The van der Waals surface area contributed by atoms with Crippen LogP contribution in [0.25, 0.3) is 0 Å². The van der Waals surface area contributed by atoms with E-state index in [9.17, 15) is 39.0 Å². The molecule has 0 radical (unpaired) electrons. The molecule has 2 unspecified atom stereocenters. The Labute approximate surface area is 711 Å². The zero-order valence-corrected chi connectivity index (χ0v) is 70.5. The predicted molar refractivity (Wildman–Crippen MR) is 476 cm³/mol. The number of carbonyl (C=O) groups is 6. The summed E-state index contributed by atoms with van der Waals surface area (Å²) in [5, 5.41) is 60.3. The number of aliphatic hydroxyl groups is 2. The van der Waals surface area contributed by atoms with E-state index < -0.39 is 34.7 Å². The van der Waals surface area contributed by atoms with E-state index in [0.717, 1.165) is 142 Å². The summed E-state index contributed by atoms with van der Waals surface area (Å²) in [5.41, 5.74) is 11.7. The van der Waals surface area contributed by atoms with Crippen molar-refractivity contribution >= 4 is 86.1 Å². The Morgan fingerprint density at radius 3 is 0.842 bits per heavy atom. The molecule has 2 aliphatic rings. The fourth-order valence-electron chi connectivity index (χ4n) is 11.4. The molecule has 0 aromatic heterocycles. The summed E-state index contributed by atoms with van der Waals surface area (Å²) in [7, 11) is 0. The Morgan fingerprint density at radius 2 is 0.617 bits per heavy atom. The van der Waals surface area contributed by atoms with Crippen molar-refractivity contribution in [1.82, 2.24) is 0 Å². The first-order valence-electron chi connectivity index (χ1n) is 40.1. The molecule has 10 rings (SSSR count). The summed E-state index contributed by atoms with van der Waals surface area (Å²) in [6, 6.07) is 58.6. The van der Waals surface area contributed by atoms with Gasteiger partial charge in [0.15, 0.2) is 12.6 Å². The first kappa shape index (κ1) is 103. The smallest absolute Gasteiger partial charge is 0.338 e. The Hall–Kier alpha value is -11.1. The highest BCUT2D eigenvalue weighted by Crippen LogP contribution is 2.29. The number of aryl methyl sites for hydroxylation is 4. The third kappa shape index (κ3) is 39.7. The summed E-state index contributed by atoms with van der Waals surface area (Å²) in [6.45, 7) is 14.3. The van der Waals surface area contributed by atoms with E-state index in [0.29, 0.717) is 49.0 Å². The van der Waals surface area contributed by atoms with Crippen LogP contribution in [0.3, 0.4) is 0 Å². The normalized spacial score (nSPS) is 13.8. The minimum atomic E-state index is -0.984. The lowest BCUT2D eigenvalue weighted by atomic mass is 9.88. The first-order chi connectivity index (χ1) is 57.4. The van der Waals surface area contributed by atoms with Crippen LogP contribution >= 0.6 is 12.4 Å². The SMILES string of the molecule is CCC(CO)(CO)COC1CCCCO1.CCCc1ccc(/C=N/N=C/c2ccc(C(=O)O)cc2)cc1.CCCc1ccc(/C=N/N=C/c2ccc(C(=O)OCC(CC)(COC(=O)c3ccc(/C=N/N=C/c4ccc(CCC)cc4)cc3)COC3CCCCO3)cc2)cc1.CCCc1ccc(C=O)cc1.Cl.NN.O.O=Cc1ccc(C(=O)O)cc1. The number of aliphatic hydroxyl groups excluding tert-OH is 2. The number of aldehydes is 2. The molecule has 0 spiro atoms. The monoisotopic (exact) mass is 1670 g/mol. The molecule has 0 amide bonds. The van der Waals surface area contributed by atoms with Gasteiger partial charge < -0.3 is 54.3 Å². The molecule has 8 aromatic rings. The molecular formula is C94H119ClN8O17. The van der Waals surface area contributed by atoms with Crippen LogP contribution < -0.4 is 11.7 Å². The van der Waals surface area contributed by atoms with E-state index in [2.05, 4.69) is 106 Å². The van der Waals surface area contributed by atoms with E-state index in [-0.39, 0.29) is 74.6 Å². The molecule has 2 heterocycles. The van der Waals surface area contributed by atoms with Crippen molar-refractivity contribution in [2.24, 2.45) is 53.1 Å². The zero-order valence-electron chi connectivity index (χ0n) is 69.7. The van der Waals surface area contributed by atoms with Crippen molar-refractivity contribution in [1.29, 1.82) is 0 Å². The van der Waals surface area contributed by atoms with Gasteiger partial charge in [-0.05, 0) is 181 Å². The van der Waals surface area contributed by atoms with Gasteiger partial charge in [0.2, 0.25) is 0 Å². The van der Waals surface area contributed by atoms with E-state index in [4.69, 9.17) is 38.6 Å². The lowest BCUT2D eigenvalue weighted by Crippen LogP contribution is -2.40. The molecule has 0 bridgehead atoms. The van der Waals surface area contributed by atoms with E-state index in [1.807, 2.05) is 74.5 Å². The molecule has 644 valence electrons. The number of hydrogen-bond acceptors (Lipinski definition) is 22. The molecule has 25 nitrogen and oxygen atoms in total. The van der Waals surface area contributed by atoms with Crippen LogP contribution in [0, 0.1) is 10.8 Å². The molecule has 0 aliphatic carbocycles. The summed E-state index contributed by atoms with van der Waals surface area (Å²) in [6.07, 6.45) is 26.9. The second-order valence-corrected chi connectivity index (χ2v) is 28.2. The van der Waals surface area contributed by atoms with Crippen LogP contribution in [-0.2, 0) is 54.1 Å². The van der Waals surface area contributed by atoms with Gasteiger partial charge in [0.05, 0.1) is 91.4 Å². The van der Waals surface area contributed by atoms with Gasteiger partial charge in [0.25, 0.3) is 0 Å². The number of nitrogens with two attached hydrogens (primary N) is 2. The summed E-state index contributed by atoms with van der Waals surface area (Å²) in [5.74, 6) is 5.09. The number of carboxylic acids is 2. The van der Waals surface area contributed by atoms with Gasteiger partial charge in [-0.25, -0.2) is 19.2 Å². The van der Waals surface area contributed by atoms with Gasteiger partial charge in [0.1, 0.15) is 25.8 Å². The second kappa shape index (κ2) is 60.4. The fourth-order valence-corrected chi connectivity index (χ4v) is 11.4. The molecule has 2 fully saturated rings. The van der Waals surface area contributed by atoms with E-state index in [1.54, 1.807) is 110 Å². The van der Waals surface area contributed by atoms with Gasteiger partial charge in [-0.2, -0.15) is 30.6 Å². The Bertz CT molecular complexity index is 4240. The number of halogens is 1. The van der Waals surface area contributed by atoms with Gasteiger partial charge in [0, 0.05) is 29.8 Å². The molecule has 2 aliphatic heterocycles. The number of carboxylic acid groups (broad SMARTS) is 2. The fraction of sp³-hybridized carbons (Fsp3) is 0.362. The molecule has 0 saturated carbocycles. The molecule has 2 saturated heterocycles. The second-order valence-electron chi connectivity index (χ2n) is 28.2. The van der Waals surface area contributed by atoms with Crippen molar-refractivity contribution in [3.05, 3.63) is 283 Å². The highest BCUT2D eigenvalue weighted by molar-refractivity contribution is 5.93. The number of carbonyl (C=O) groups excluding carboxylic acids is 4. The lowest BCUT2D eigenvalue weighted by molar-refractivity contribution is -0.187. The molecule has 120 heavy (non-hydrogen) atoms. The Morgan fingerprint density at radius 1 is 0.375 bits per heavy atom. The minimum Gasteiger partial charge on any atom is -0.478 e. The molecule has 2 atom stereocenters. The van der Waals surface area contributed by atoms with Crippen LogP contribution in [0.4, 0.5) is 0 Å². The number of aromatic carboxylic acids is 2. The summed E-state index contributed by atoms with van der Waals surface area (Å²) < 4.78 is 34.7. The van der Waals surface area contributed by atoms with Crippen molar-refractivity contribution in [3.63, 3.8) is 0 Å². The topological polar surface area (TPSA) is 396 Å². The highest BCUT2D eigenvalue weighted by Gasteiger charge is 2.35. The Kier molecular flexibility index (Phi) is 51.9. The average Bonchev–Trinajstić information content (AvgIpc) is 0.866.